The summed E-state index contributed by atoms with van der Waals surface area (Å²) in [6, 6.07) is 5.70. The molecule has 0 saturated carbocycles. The van der Waals surface area contributed by atoms with E-state index in [9.17, 15) is 4.79 Å². The molecule has 6 heteroatoms. The van der Waals surface area contributed by atoms with Gasteiger partial charge in [0, 0.05) is 49.9 Å². The van der Waals surface area contributed by atoms with Gasteiger partial charge < -0.3 is 14.3 Å². The molecule has 0 bridgehead atoms. The van der Waals surface area contributed by atoms with Crippen LogP contribution in [0.25, 0.3) is 0 Å². The van der Waals surface area contributed by atoms with Gasteiger partial charge in [0.25, 0.3) is 5.91 Å². The van der Waals surface area contributed by atoms with Crippen LogP contribution >= 0.6 is 0 Å². The van der Waals surface area contributed by atoms with Crippen LogP contribution in [-0.4, -0.2) is 47.1 Å². The minimum atomic E-state index is 0.0742. The zero-order valence-corrected chi connectivity index (χ0v) is 14.8. The highest BCUT2D eigenvalue weighted by Crippen LogP contribution is 2.29. The zero-order chi connectivity index (χ0) is 17.4. The van der Waals surface area contributed by atoms with Crippen molar-refractivity contribution in [2.45, 2.75) is 32.6 Å². The number of nitrogens with zero attached hydrogens (tertiary/aromatic N) is 4. The van der Waals surface area contributed by atoms with E-state index in [1.165, 1.54) is 12.8 Å². The average Bonchev–Trinajstić information content (AvgIpc) is 2.99. The first-order chi connectivity index (χ1) is 12.1. The van der Waals surface area contributed by atoms with Crippen molar-refractivity contribution in [3.63, 3.8) is 0 Å². The third-order valence-corrected chi connectivity index (χ3v) is 5.21. The van der Waals surface area contributed by atoms with Crippen molar-refractivity contribution in [2.75, 3.05) is 31.1 Å². The van der Waals surface area contributed by atoms with Crippen molar-refractivity contribution in [1.29, 1.82) is 0 Å². The molecule has 2 fully saturated rings. The van der Waals surface area contributed by atoms with E-state index in [0.29, 0.717) is 19.0 Å². The molecule has 2 aliphatic rings. The molecule has 4 rings (SSSR count). The summed E-state index contributed by atoms with van der Waals surface area (Å²) in [7, 11) is 0. The number of amides is 1. The summed E-state index contributed by atoms with van der Waals surface area (Å²) in [4.78, 5) is 21.4. The summed E-state index contributed by atoms with van der Waals surface area (Å²) in [5, 5.41) is 4.06. The lowest BCUT2D eigenvalue weighted by Crippen LogP contribution is -2.48. The van der Waals surface area contributed by atoms with Gasteiger partial charge in [-0.15, -0.1) is 0 Å². The molecule has 0 N–H and O–H groups in total. The molecule has 0 aliphatic carbocycles. The van der Waals surface area contributed by atoms with Crippen molar-refractivity contribution in [3.8, 4) is 0 Å². The molecule has 25 heavy (non-hydrogen) atoms. The van der Waals surface area contributed by atoms with E-state index in [2.05, 4.69) is 22.0 Å². The van der Waals surface area contributed by atoms with Gasteiger partial charge in [-0.05, 0) is 37.8 Å². The van der Waals surface area contributed by atoms with Crippen molar-refractivity contribution in [2.24, 2.45) is 5.92 Å². The third kappa shape index (κ3) is 3.25. The highest BCUT2D eigenvalue weighted by Gasteiger charge is 2.34. The van der Waals surface area contributed by atoms with Crippen molar-refractivity contribution < 1.29 is 9.32 Å². The number of pyridine rings is 1. The minimum Gasteiger partial charge on any atom is -0.361 e. The van der Waals surface area contributed by atoms with E-state index in [-0.39, 0.29) is 11.8 Å². The molecule has 6 nitrogen and oxygen atoms in total. The predicted molar refractivity (Wildman–Crippen MR) is 94.7 cm³/mol. The fraction of sp³-hybridized carbons (Fsp3) is 0.526. The van der Waals surface area contributed by atoms with Crippen LogP contribution in [0, 0.1) is 12.8 Å². The number of aryl methyl sites for hydroxylation is 1. The lowest BCUT2D eigenvalue weighted by molar-refractivity contribution is 0.0595. The second kappa shape index (κ2) is 6.50. The summed E-state index contributed by atoms with van der Waals surface area (Å²) >= 11 is 0. The predicted octanol–water partition coefficient (Wildman–Crippen LogP) is 2.85. The maximum atomic E-state index is 12.7. The van der Waals surface area contributed by atoms with Gasteiger partial charge in [-0.1, -0.05) is 12.1 Å². The Bertz CT molecular complexity index is 766. The Morgan fingerprint density at radius 3 is 2.84 bits per heavy atom. The summed E-state index contributed by atoms with van der Waals surface area (Å²) in [6.07, 6.45) is 4.21. The van der Waals surface area contributed by atoms with Crippen LogP contribution in [0.4, 0.5) is 5.82 Å². The van der Waals surface area contributed by atoms with E-state index in [0.717, 1.165) is 35.9 Å². The minimum absolute atomic E-state index is 0.0742. The molecular weight excluding hydrogens is 316 g/mol. The molecular formula is C19H24N4O2. The molecule has 1 amide bonds. The quantitative estimate of drug-likeness (QED) is 0.860. The molecule has 1 atom stereocenters. The van der Waals surface area contributed by atoms with Gasteiger partial charge in [-0.25, -0.2) is 4.98 Å². The van der Waals surface area contributed by atoms with Crippen molar-refractivity contribution in [1.82, 2.24) is 15.0 Å². The van der Waals surface area contributed by atoms with Crippen molar-refractivity contribution >= 4 is 11.7 Å². The van der Waals surface area contributed by atoms with Gasteiger partial charge in [-0.3, -0.25) is 4.79 Å². The Kier molecular flexibility index (Phi) is 4.19. The standard InChI is InChI=1S/C19H24N4O2/c1-13-4-3-7-22(10-13)18-9-15(5-6-20-18)19(24)23-11-16(12-23)17-8-14(2)25-21-17/h5-6,8-9,13,16H,3-4,7,10-12H2,1-2H3. The number of carbonyl (C=O) groups is 1. The lowest BCUT2D eigenvalue weighted by Gasteiger charge is -2.38. The first-order valence-corrected chi connectivity index (χ1v) is 9.03. The molecule has 2 aromatic heterocycles. The molecule has 4 heterocycles. The Balaban J connectivity index is 1.42. The number of piperidine rings is 1. The third-order valence-electron chi connectivity index (χ3n) is 5.21. The molecule has 2 aromatic rings. The van der Waals surface area contributed by atoms with E-state index in [4.69, 9.17) is 4.52 Å². The van der Waals surface area contributed by atoms with Crippen LogP contribution in [0.5, 0.6) is 0 Å². The number of hydrogen-bond acceptors (Lipinski definition) is 5. The van der Waals surface area contributed by atoms with Crippen LogP contribution in [0.15, 0.2) is 28.9 Å². The van der Waals surface area contributed by atoms with E-state index in [1.54, 1.807) is 6.20 Å². The van der Waals surface area contributed by atoms with Gasteiger partial charge in [0.2, 0.25) is 0 Å². The molecule has 2 saturated heterocycles. The number of hydrogen-bond donors (Lipinski definition) is 0. The Morgan fingerprint density at radius 1 is 1.28 bits per heavy atom. The highest BCUT2D eigenvalue weighted by atomic mass is 16.5. The lowest BCUT2D eigenvalue weighted by atomic mass is 9.95. The number of likely N-dealkylation sites (tertiary alicyclic amines) is 1. The van der Waals surface area contributed by atoms with Gasteiger partial charge in [0.05, 0.1) is 5.69 Å². The van der Waals surface area contributed by atoms with E-state index in [1.807, 2.05) is 30.0 Å². The molecule has 0 radical (unpaired) electrons. The van der Waals surface area contributed by atoms with Crippen LogP contribution in [-0.2, 0) is 0 Å². The summed E-state index contributed by atoms with van der Waals surface area (Å²) < 4.78 is 5.13. The molecule has 0 spiro atoms. The summed E-state index contributed by atoms with van der Waals surface area (Å²) in [5.41, 5.74) is 1.66. The van der Waals surface area contributed by atoms with Crippen LogP contribution < -0.4 is 4.90 Å². The fourth-order valence-corrected chi connectivity index (χ4v) is 3.71. The van der Waals surface area contributed by atoms with Gasteiger partial charge >= 0.3 is 0 Å². The smallest absolute Gasteiger partial charge is 0.254 e. The largest absolute Gasteiger partial charge is 0.361 e. The maximum absolute atomic E-state index is 12.7. The second-order valence-corrected chi connectivity index (χ2v) is 7.37. The Hall–Kier alpha value is -2.37. The van der Waals surface area contributed by atoms with Gasteiger partial charge in [-0.2, -0.15) is 0 Å². The maximum Gasteiger partial charge on any atom is 0.254 e. The summed E-state index contributed by atoms with van der Waals surface area (Å²) in [5.74, 6) is 2.77. The van der Waals surface area contributed by atoms with E-state index >= 15 is 0 Å². The summed E-state index contributed by atoms with van der Waals surface area (Å²) in [6.45, 7) is 7.59. The average molecular weight is 340 g/mol. The van der Waals surface area contributed by atoms with E-state index < -0.39 is 0 Å². The molecule has 1 unspecified atom stereocenters. The first kappa shape index (κ1) is 16.1. The van der Waals surface area contributed by atoms with Gasteiger partial charge in [0.15, 0.2) is 0 Å². The molecule has 132 valence electrons. The second-order valence-electron chi connectivity index (χ2n) is 7.37. The van der Waals surface area contributed by atoms with Crippen LogP contribution in [0.1, 0.15) is 47.5 Å². The molecule has 2 aliphatic heterocycles. The number of rotatable bonds is 3. The normalized spacial score (nSPS) is 21.3. The molecule has 0 aromatic carbocycles. The topological polar surface area (TPSA) is 62.5 Å². The monoisotopic (exact) mass is 340 g/mol. The zero-order valence-electron chi connectivity index (χ0n) is 14.8. The first-order valence-electron chi connectivity index (χ1n) is 9.03. The van der Waals surface area contributed by atoms with Crippen molar-refractivity contribution in [3.05, 3.63) is 41.4 Å². The number of carbonyl (C=O) groups excluding carboxylic acids is 1. The Labute approximate surface area is 147 Å². The SMILES string of the molecule is Cc1cc(C2CN(C(=O)c3ccnc(N4CCCC(C)C4)c3)C2)no1. The van der Waals surface area contributed by atoms with Gasteiger partial charge in [0.1, 0.15) is 11.6 Å². The van der Waals surface area contributed by atoms with Crippen LogP contribution in [0.3, 0.4) is 0 Å². The highest BCUT2D eigenvalue weighted by molar-refractivity contribution is 5.95. The van der Waals surface area contributed by atoms with Crippen LogP contribution in [0.2, 0.25) is 0 Å². The fourth-order valence-electron chi connectivity index (χ4n) is 3.71. The number of anilines is 1. The Morgan fingerprint density at radius 2 is 2.12 bits per heavy atom. The number of aromatic nitrogens is 2.